The van der Waals surface area contributed by atoms with Crippen molar-refractivity contribution in [3.8, 4) is 0 Å². The molecule has 1 heterocycles. The van der Waals surface area contributed by atoms with Crippen molar-refractivity contribution in [2.75, 3.05) is 6.54 Å². The summed E-state index contributed by atoms with van der Waals surface area (Å²) in [6.45, 7) is 3.42. The maximum absolute atomic E-state index is 11.4. The SMILES string of the molecule is Cc1ccc(C(=O)NCC(C)O)c(=O)[nH]1. The van der Waals surface area contributed by atoms with Crippen molar-refractivity contribution in [2.45, 2.75) is 20.0 Å². The van der Waals surface area contributed by atoms with Crippen LogP contribution in [0.25, 0.3) is 0 Å². The van der Waals surface area contributed by atoms with Crippen LogP contribution in [0.15, 0.2) is 16.9 Å². The highest BCUT2D eigenvalue weighted by atomic mass is 16.3. The summed E-state index contributed by atoms with van der Waals surface area (Å²) < 4.78 is 0. The van der Waals surface area contributed by atoms with Gasteiger partial charge in [0.1, 0.15) is 5.56 Å². The number of amides is 1. The summed E-state index contributed by atoms with van der Waals surface area (Å²) in [4.78, 5) is 25.3. The second-order valence-electron chi connectivity index (χ2n) is 3.44. The number of carbonyl (C=O) groups is 1. The standard InChI is InChI=1S/C10H14N2O3/c1-6-3-4-8(10(15)12-6)9(14)11-5-7(2)13/h3-4,7,13H,5H2,1-2H3,(H,11,14)(H,12,15). The molecule has 0 bridgehead atoms. The van der Waals surface area contributed by atoms with E-state index in [-0.39, 0.29) is 12.1 Å². The van der Waals surface area contributed by atoms with E-state index in [2.05, 4.69) is 10.3 Å². The molecule has 0 aliphatic rings. The first-order valence-corrected chi connectivity index (χ1v) is 4.67. The van der Waals surface area contributed by atoms with Crippen molar-refractivity contribution in [1.29, 1.82) is 0 Å². The summed E-state index contributed by atoms with van der Waals surface area (Å²) >= 11 is 0. The van der Waals surface area contributed by atoms with E-state index >= 15 is 0 Å². The monoisotopic (exact) mass is 210 g/mol. The zero-order valence-corrected chi connectivity index (χ0v) is 8.70. The third-order valence-corrected chi connectivity index (χ3v) is 1.86. The quantitative estimate of drug-likeness (QED) is 0.645. The highest BCUT2D eigenvalue weighted by Gasteiger charge is 2.10. The highest BCUT2D eigenvalue weighted by Crippen LogP contribution is 1.93. The van der Waals surface area contributed by atoms with Crippen molar-refractivity contribution < 1.29 is 9.90 Å². The molecule has 1 atom stereocenters. The maximum atomic E-state index is 11.4. The molecule has 1 unspecified atom stereocenters. The zero-order chi connectivity index (χ0) is 11.4. The first-order chi connectivity index (χ1) is 7.00. The molecule has 0 radical (unpaired) electrons. The molecule has 1 rings (SSSR count). The highest BCUT2D eigenvalue weighted by molar-refractivity contribution is 5.93. The molecule has 5 heteroatoms. The lowest BCUT2D eigenvalue weighted by Crippen LogP contribution is -2.34. The van der Waals surface area contributed by atoms with Crippen LogP contribution in [0, 0.1) is 6.92 Å². The van der Waals surface area contributed by atoms with Crippen LogP contribution in [-0.2, 0) is 0 Å². The molecule has 0 spiro atoms. The van der Waals surface area contributed by atoms with E-state index in [0.717, 1.165) is 0 Å². The number of aliphatic hydroxyl groups excluding tert-OH is 1. The largest absolute Gasteiger partial charge is 0.392 e. The average molecular weight is 210 g/mol. The summed E-state index contributed by atoms with van der Waals surface area (Å²) in [5, 5.41) is 11.4. The number of carbonyl (C=O) groups excluding carboxylic acids is 1. The Bertz CT molecular complexity index is 409. The van der Waals surface area contributed by atoms with Crippen LogP contribution in [0.1, 0.15) is 23.0 Å². The number of aryl methyl sites for hydroxylation is 1. The number of pyridine rings is 1. The smallest absolute Gasteiger partial charge is 0.260 e. The lowest BCUT2D eigenvalue weighted by molar-refractivity contribution is 0.0922. The van der Waals surface area contributed by atoms with Gasteiger partial charge in [-0.15, -0.1) is 0 Å². The van der Waals surface area contributed by atoms with Crippen LogP contribution in [0.2, 0.25) is 0 Å². The number of nitrogens with one attached hydrogen (secondary N) is 2. The summed E-state index contributed by atoms with van der Waals surface area (Å²) in [7, 11) is 0. The third-order valence-electron chi connectivity index (χ3n) is 1.86. The Morgan fingerprint density at radius 1 is 1.60 bits per heavy atom. The van der Waals surface area contributed by atoms with Crippen molar-refractivity contribution in [3.05, 3.63) is 33.7 Å². The van der Waals surface area contributed by atoms with Gasteiger partial charge >= 0.3 is 0 Å². The lowest BCUT2D eigenvalue weighted by atomic mass is 10.2. The van der Waals surface area contributed by atoms with Gasteiger partial charge in [0.25, 0.3) is 11.5 Å². The van der Waals surface area contributed by atoms with Crippen LogP contribution in [0.5, 0.6) is 0 Å². The van der Waals surface area contributed by atoms with E-state index in [4.69, 9.17) is 5.11 Å². The molecule has 0 aliphatic heterocycles. The van der Waals surface area contributed by atoms with Crippen LogP contribution in [0.3, 0.4) is 0 Å². The molecule has 0 saturated heterocycles. The van der Waals surface area contributed by atoms with Gasteiger partial charge < -0.3 is 15.4 Å². The first-order valence-electron chi connectivity index (χ1n) is 4.67. The Morgan fingerprint density at radius 2 is 2.27 bits per heavy atom. The average Bonchev–Trinajstić information content (AvgIpc) is 2.14. The van der Waals surface area contributed by atoms with Crippen molar-refractivity contribution in [2.24, 2.45) is 0 Å². The number of rotatable bonds is 3. The molecule has 1 aromatic rings. The third kappa shape index (κ3) is 3.21. The van der Waals surface area contributed by atoms with E-state index in [1.807, 2.05) is 0 Å². The molecular weight excluding hydrogens is 196 g/mol. The molecule has 3 N–H and O–H groups in total. The van der Waals surface area contributed by atoms with E-state index in [1.54, 1.807) is 19.9 Å². The Kier molecular flexibility index (Phi) is 3.62. The number of aliphatic hydroxyl groups is 1. The minimum absolute atomic E-state index is 0.0567. The molecule has 0 fully saturated rings. The van der Waals surface area contributed by atoms with Crippen LogP contribution >= 0.6 is 0 Å². The van der Waals surface area contributed by atoms with Crippen LogP contribution in [0.4, 0.5) is 0 Å². The van der Waals surface area contributed by atoms with Crippen molar-refractivity contribution >= 4 is 5.91 Å². The second kappa shape index (κ2) is 4.75. The summed E-state index contributed by atoms with van der Waals surface area (Å²) in [5.41, 5.74) is 0.339. The number of hydrogen-bond donors (Lipinski definition) is 3. The Hall–Kier alpha value is -1.62. The van der Waals surface area contributed by atoms with Gasteiger partial charge in [-0.1, -0.05) is 0 Å². The minimum atomic E-state index is -0.626. The predicted molar refractivity (Wildman–Crippen MR) is 55.8 cm³/mol. The second-order valence-corrected chi connectivity index (χ2v) is 3.44. The normalized spacial score (nSPS) is 12.2. The lowest BCUT2D eigenvalue weighted by Gasteiger charge is -2.06. The van der Waals surface area contributed by atoms with Crippen LogP contribution < -0.4 is 10.9 Å². The summed E-state index contributed by atoms with van der Waals surface area (Å²) in [5.74, 6) is -0.475. The van der Waals surface area contributed by atoms with Crippen molar-refractivity contribution in [1.82, 2.24) is 10.3 Å². The summed E-state index contributed by atoms with van der Waals surface area (Å²) in [6.07, 6.45) is -0.626. The molecule has 1 amide bonds. The Morgan fingerprint density at radius 3 is 2.80 bits per heavy atom. The van der Waals surface area contributed by atoms with Gasteiger partial charge in [-0.05, 0) is 26.0 Å². The first kappa shape index (κ1) is 11.5. The fraction of sp³-hybridized carbons (Fsp3) is 0.400. The van der Waals surface area contributed by atoms with Gasteiger partial charge in [0, 0.05) is 12.2 Å². The van der Waals surface area contributed by atoms with Gasteiger partial charge in [-0.25, -0.2) is 0 Å². The number of H-pyrrole nitrogens is 1. The van der Waals surface area contributed by atoms with E-state index in [9.17, 15) is 9.59 Å². The molecule has 0 saturated carbocycles. The minimum Gasteiger partial charge on any atom is -0.392 e. The molecule has 0 aromatic carbocycles. The Labute approximate surface area is 87.1 Å². The topological polar surface area (TPSA) is 82.2 Å². The fourth-order valence-electron chi connectivity index (χ4n) is 1.09. The van der Waals surface area contributed by atoms with Gasteiger partial charge in [0.15, 0.2) is 0 Å². The fourth-order valence-corrected chi connectivity index (χ4v) is 1.09. The number of aromatic amines is 1. The van der Waals surface area contributed by atoms with Gasteiger partial charge in [-0.2, -0.15) is 0 Å². The maximum Gasteiger partial charge on any atom is 0.260 e. The number of hydrogen-bond acceptors (Lipinski definition) is 3. The molecule has 0 aliphatic carbocycles. The van der Waals surface area contributed by atoms with Gasteiger partial charge in [0.05, 0.1) is 6.10 Å². The van der Waals surface area contributed by atoms with Crippen LogP contribution in [-0.4, -0.2) is 28.6 Å². The zero-order valence-electron chi connectivity index (χ0n) is 8.70. The van der Waals surface area contributed by atoms with Gasteiger partial charge in [-0.3, -0.25) is 9.59 Å². The predicted octanol–water partition coefficient (Wildman–Crippen LogP) is -0.206. The molecule has 5 nitrogen and oxygen atoms in total. The van der Waals surface area contributed by atoms with Crippen molar-refractivity contribution in [3.63, 3.8) is 0 Å². The molecule has 1 aromatic heterocycles. The van der Waals surface area contributed by atoms with E-state index in [1.165, 1.54) is 6.07 Å². The molecule has 15 heavy (non-hydrogen) atoms. The number of aromatic nitrogens is 1. The summed E-state index contributed by atoms with van der Waals surface area (Å²) in [6, 6.07) is 3.12. The molecular formula is C10H14N2O3. The molecule has 82 valence electrons. The van der Waals surface area contributed by atoms with E-state index in [0.29, 0.717) is 5.69 Å². The van der Waals surface area contributed by atoms with E-state index < -0.39 is 17.6 Å². The Balaban J connectivity index is 2.79. The van der Waals surface area contributed by atoms with Gasteiger partial charge in [0.2, 0.25) is 0 Å².